The molecule has 1 aliphatic heterocycles. The quantitative estimate of drug-likeness (QED) is 0.874. The smallest absolute Gasteiger partial charge is 0.228 e. The Morgan fingerprint density at radius 2 is 1.71 bits per heavy atom. The molecule has 0 aliphatic carbocycles. The van der Waals surface area contributed by atoms with Crippen molar-refractivity contribution < 1.29 is 14.3 Å². The number of carbonyl (C=O) groups is 1. The molecule has 3 rings (SSSR count). The largest absolute Gasteiger partial charge is 0.486 e. The Hall–Kier alpha value is -2.49. The summed E-state index contributed by atoms with van der Waals surface area (Å²) in [5.41, 5.74) is 3.07. The Bertz CT molecular complexity index is 695. The van der Waals surface area contributed by atoms with Crippen LogP contribution in [0.3, 0.4) is 0 Å². The van der Waals surface area contributed by atoms with Gasteiger partial charge in [0.05, 0.1) is 6.42 Å². The van der Waals surface area contributed by atoms with Crippen LogP contribution in [0.2, 0.25) is 0 Å². The van der Waals surface area contributed by atoms with Gasteiger partial charge in [0.15, 0.2) is 11.5 Å². The van der Waals surface area contributed by atoms with Crippen LogP contribution in [-0.2, 0) is 17.6 Å². The number of aryl methyl sites for hydroxylation is 1. The number of nitrogens with one attached hydrogen (secondary N) is 1. The Balaban J connectivity index is 1.57. The second kappa shape index (κ2) is 7.86. The first-order valence-corrected chi connectivity index (χ1v) is 8.52. The van der Waals surface area contributed by atoms with Crippen LogP contribution in [0.1, 0.15) is 30.9 Å². The minimum atomic E-state index is -0.0343. The molecular formula is C20H23NO3. The third kappa shape index (κ3) is 4.28. The Kier molecular flexibility index (Phi) is 5.36. The molecule has 0 aromatic heterocycles. The van der Waals surface area contributed by atoms with Crippen LogP contribution >= 0.6 is 0 Å². The fourth-order valence-corrected chi connectivity index (χ4v) is 2.72. The van der Waals surface area contributed by atoms with Crippen LogP contribution in [0.25, 0.3) is 0 Å². The van der Waals surface area contributed by atoms with Gasteiger partial charge >= 0.3 is 0 Å². The number of anilines is 1. The molecule has 1 N–H and O–H groups in total. The molecule has 0 saturated heterocycles. The monoisotopic (exact) mass is 325 g/mol. The van der Waals surface area contributed by atoms with E-state index in [-0.39, 0.29) is 5.91 Å². The van der Waals surface area contributed by atoms with Crippen molar-refractivity contribution in [2.75, 3.05) is 18.5 Å². The van der Waals surface area contributed by atoms with Gasteiger partial charge in [0.2, 0.25) is 5.91 Å². The second-order valence-electron chi connectivity index (χ2n) is 6.00. The lowest BCUT2D eigenvalue weighted by molar-refractivity contribution is -0.115. The van der Waals surface area contributed by atoms with E-state index in [4.69, 9.17) is 9.47 Å². The molecule has 24 heavy (non-hydrogen) atoms. The van der Waals surface area contributed by atoms with E-state index < -0.39 is 0 Å². The van der Waals surface area contributed by atoms with Crippen molar-refractivity contribution in [2.45, 2.75) is 32.6 Å². The number of amides is 1. The van der Waals surface area contributed by atoms with Gasteiger partial charge in [-0.2, -0.15) is 0 Å². The lowest BCUT2D eigenvalue weighted by Crippen LogP contribution is -2.17. The van der Waals surface area contributed by atoms with Gasteiger partial charge in [-0.05, 0) is 36.1 Å². The molecule has 2 aromatic carbocycles. The fourth-order valence-electron chi connectivity index (χ4n) is 2.72. The van der Waals surface area contributed by atoms with E-state index in [2.05, 4.69) is 24.4 Å². The highest BCUT2D eigenvalue weighted by atomic mass is 16.6. The van der Waals surface area contributed by atoms with Crippen molar-refractivity contribution >= 4 is 11.6 Å². The van der Waals surface area contributed by atoms with Gasteiger partial charge in [0.25, 0.3) is 0 Å². The van der Waals surface area contributed by atoms with Gasteiger partial charge in [-0.3, -0.25) is 4.79 Å². The van der Waals surface area contributed by atoms with Crippen LogP contribution in [0.4, 0.5) is 5.69 Å². The standard InChI is InChI=1S/C20H23NO3/c1-2-3-4-15-5-7-16(8-6-15)13-20(22)21-17-9-10-18-19(14-17)24-12-11-23-18/h5-10,14H,2-4,11-13H2,1H3,(H,21,22). The van der Waals surface area contributed by atoms with Crippen molar-refractivity contribution in [2.24, 2.45) is 0 Å². The maximum Gasteiger partial charge on any atom is 0.228 e. The summed E-state index contributed by atoms with van der Waals surface area (Å²) in [7, 11) is 0. The number of benzene rings is 2. The van der Waals surface area contributed by atoms with Gasteiger partial charge in [-0.1, -0.05) is 37.6 Å². The third-order valence-corrected chi connectivity index (χ3v) is 4.03. The van der Waals surface area contributed by atoms with Gasteiger partial charge in [-0.25, -0.2) is 0 Å². The van der Waals surface area contributed by atoms with E-state index in [1.807, 2.05) is 24.3 Å². The summed E-state index contributed by atoms with van der Waals surface area (Å²) in [6, 6.07) is 13.8. The topological polar surface area (TPSA) is 47.6 Å². The molecule has 126 valence electrons. The van der Waals surface area contributed by atoms with Gasteiger partial charge < -0.3 is 14.8 Å². The summed E-state index contributed by atoms with van der Waals surface area (Å²) < 4.78 is 11.0. The van der Waals surface area contributed by atoms with Gasteiger partial charge in [-0.15, -0.1) is 0 Å². The molecule has 0 atom stereocenters. The van der Waals surface area contributed by atoms with E-state index >= 15 is 0 Å². The molecule has 0 unspecified atom stereocenters. The number of hydrogen-bond acceptors (Lipinski definition) is 3. The molecule has 4 nitrogen and oxygen atoms in total. The molecule has 0 fully saturated rings. The van der Waals surface area contributed by atoms with E-state index in [1.165, 1.54) is 18.4 Å². The second-order valence-corrected chi connectivity index (χ2v) is 6.00. The maximum atomic E-state index is 12.2. The number of hydrogen-bond donors (Lipinski definition) is 1. The molecule has 0 spiro atoms. The Morgan fingerprint density at radius 1 is 1.00 bits per heavy atom. The number of rotatable bonds is 6. The third-order valence-electron chi connectivity index (χ3n) is 4.03. The highest BCUT2D eigenvalue weighted by molar-refractivity contribution is 5.92. The summed E-state index contributed by atoms with van der Waals surface area (Å²) in [6.45, 7) is 3.29. The lowest BCUT2D eigenvalue weighted by atomic mass is 10.0. The first-order valence-electron chi connectivity index (χ1n) is 8.52. The summed E-state index contributed by atoms with van der Waals surface area (Å²) in [5.74, 6) is 1.37. The summed E-state index contributed by atoms with van der Waals surface area (Å²) in [6.07, 6.45) is 3.85. The zero-order valence-corrected chi connectivity index (χ0v) is 14.0. The SMILES string of the molecule is CCCCc1ccc(CC(=O)Nc2ccc3c(c2)OCCO3)cc1. The molecule has 0 bridgehead atoms. The van der Waals surface area contributed by atoms with Crippen molar-refractivity contribution in [3.05, 3.63) is 53.6 Å². The minimum absolute atomic E-state index is 0.0343. The van der Waals surface area contributed by atoms with Crippen molar-refractivity contribution in [1.82, 2.24) is 0 Å². The normalized spacial score (nSPS) is 12.7. The van der Waals surface area contributed by atoms with Crippen LogP contribution in [0.5, 0.6) is 11.5 Å². The number of carbonyl (C=O) groups excluding carboxylic acids is 1. The van der Waals surface area contributed by atoms with Crippen molar-refractivity contribution in [3.8, 4) is 11.5 Å². The fraction of sp³-hybridized carbons (Fsp3) is 0.350. The molecule has 0 radical (unpaired) electrons. The summed E-state index contributed by atoms with van der Waals surface area (Å²) >= 11 is 0. The van der Waals surface area contributed by atoms with E-state index in [9.17, 15) is 4.79 Å². The molecule has 0 saturated carbocycles. The van der Waals surface area contributed by atoms with Crippen LogP contribution in [-0.4, -0.2) is 19.1 Å². The first-order chi connectivity index (χ1) is 11.7. The lowest BCUT2D eigenvalue weighted by Gasteiger charge is -2.19. The predicted molar refractivity (Wildman–Crippen MR) is 94.8 cm³/mol. The summed E-state index contributed by atoms with van der Waals surface area (Å²) in [5, 5.41) is 2.91. The van der Waals surface area contributed by atoms with Crippen LogP contribution < -0.4 is 14.8 Å². The Labute approximate surface area is 142 Å². The van der Waals surface area contributed by atoms with E-state index in [1.54, 1.807) is 6.07 Å². The van der Waals surface area contributed by atoms with Crippen LogP contribution in [0.15, 0.2) is 42.5 Å². The minimum Gasteiger partial charge on any atom is -0.486 e. The molecule has 1 aliphatic rings. The van der Waals surface area contributed by atoms with Crippen LogP contribution in [0, 0.1) is 0 Å². The van der Waals surface area contributed by atoms with Gasteiger partial charge in [0, 0.05) is 11.8 Å². The summed E-state index contributed by atoms with van der Waals surface area (Å²) in [4.78, 5) is 12.2. The van der Waals surface area contributed by atoms with Crippen molar-refractivity contribution in [3.63, 3.8) is 0 Å². The zero-order valence-electron chi connectivity index (χ0n) is 14.0. The zero-order chi connectivity index (χ0) is 16.8. The molecule has 1 heterocycles. The Morgan fingerprint density at radius 3 is 2.46 bits per heavy atom. The average Bonchev–Trinajstić information content (AvgIpc) is 2.61. The number of unbranched alkanes of at least 4 members (excludes halogenated alkanes) is 1. The van der Waals surface area contributed by atoms with E-state index in [0.717, 1.165) is 23.4 Å². The maximum absolute atomic E-state index is 12.2. The molecule has 1 amide bonds. The average molecular weight is 325 g/mol. The van der Waals surface area contributed by atoms with Gasteiger partial charge in [0.1, 0.15) is 13.2 Å². The van der Waals surface area contributed by atoms with Crippen molar-refractivity contribution in [1.29, 1.82) is 0 Å². The number of ether oxygens (including phenoxy) is 2. The highest BCUT2D eigenvalue weighted by Gasteiger charge is 2.13. The molecular weight excluding hydrogens is 302 g/mol. The number of fused-ring (bicyclic) bond motifs is 1. The predicted octanol–water partition coefficient (Wildman–Crippen LogP) is 3.98. The molecule has 4 heteroatoms. The molecule has 2 aromatic rings. The first kappa shape index (κ1) is 16.4. The highest BCUT2D eigenvalue weighted by Crippen LogP contribution is 2.32. The van der Waals surface area contributed by atoms with E-state index in [0.29, 0.717) is 25.4 Å².